The van der Waals surface area contributed by atoms with E-state index >= 15 is 0 Å². The summed E-state index contributed by atoms with van der Waals surface area (Å²) in [6, 6.07) is 10.6. The Morgan fingerprint density at radius 2 is 1.93 bits per heavy atom. The number of carbonyl (C=O) groups excluding carboxylic acids is 1. The van der Waals surface area contributed by atoms with Crippen LogP contribution in [0.15, 0.2) is 42.6 Å². The number of nitrogens with one attached hydrogen (secondary N) is 1. The molecule has 28 heavy (non-hydrogen) atoms. The van der Waals surface area contributed by atoms with Gasteiger partial charge in [0, 0.05) is 12.3 Å². The molecule has 0 spiro atoms. The number of amides is 1. The lowest BCUT2D eigenvalue weighted by molar-refractivity contribution is -0.389. The Balaban J connectivity index is 1.70. The van der Waals surface area contributed by atoms with Crippen LogP contribution in [0.3, 0.4) is 0 Å². The van der Waals surface area contributed by atoms with Gasteiger partial charge in [-0.05, 0) is 30.8 Å². The van der Waals surface area contributed by atoms with Crippen LogP contribution in [0.25, 0.3) is 0 Å². The van der Waals surface area contributed by atoms with Crippen molar-refractivity contribution in [1.29, 1.82) is 0 Å². The maximum Gasteiger partial charge on any atom is 0.390 e. The molecule has 0 radical (unpaired) electrons. The van der Waals surface area contributed by atoms with Crippen LogP contribution >= 0.6 is 0 Å². The average molecular weight is 382 g/mol. The van der Waals surface area contributed by atoms with Crippen molar-refractivity contribution in [3.8, 4) is 0 Å². The first-order valence-corrected chi connectivity index (χ1v) is 8.97. The van der Waals surface area contributed by atoms with Crippen molar-refractivity contribution in [1.82, 2.24) is 19.6 Å². The van der Waals surface area contributed by atoms with E-state index in [0.717, 1.165) is 5.56 Å². The van der Waals surface area contributed by atoms with E-state index in [9.17, 15) is 14.9 Å². The molecule has 1 unspecified atom stereocenters. The molecule has 1 amide bonds. The van der Waals surface area contributed by atoms with Crippen molar-refractivity contribution < 1.29 is 9.72 Å². The fraction of sp³-hybridized carbons (Fsp3) is 0.316. The molecule has 0 aliphatic carbocycles. The molecule has 0 bridgehead atoms. The van der Waals surface area contributed by atoms with E-state index in [2.05, 4.69) is 15.5 Å². The van der Waals surface area contributed by atoms with Gasteiger partial charge >= 0.3 is 5.82 Å². The van der Waals surface area contributed by atoms with E-state index in [1.165, 1.54) is 16.3 Å². The quantitative estimate of drug-likeness (QED) is 0.498. The van der Waals surface area contributed by atoms with Crippen LogP contribution in [0.5, 0.6) is 0 Å². The lowest BCUT2D eigenvalue weighted by Crippen LogP contribution is -2.27. The molecule has 0 saturated carbocycles. The van der Waals surface area contributed by atoms with Gasteiger partial charge in [0.15, 0.2) is 11.9 Å². The zero-order chi connectivity index (χ0) is 20.3. The SMILES string of the molecule is CCC(C(=O)Nc1ccn(Cc2ccc(C)cc2)n1)n1nc([N+](=O)[O-])cc1C. The van der Waals surface area contributed by atoms with Crippen LogP contribution in [-0.2, 0) is 11.3 Å². The topological polar surface area (TPSA) is 108 Å². The Bertz CT molecular complexity index is 990. The van der Waals surface area contributed by atoms with E-state index in [1.807, 2.05) is 38.1 Å². The molecule has 0 saturated heterocycles. The molecule has 1 atom stereocenters. The number of benzene rings is 1. The number of aryl methyl sites for hydroxylation is 2. The standard InChI is InChI=1S/C19H22N6O3/c1-4-16(24-14(3)11-18(22-24)25(27)28)19(26)20-17-9-10-23(21-17)12-15-7-5-13(2)6-8-15/h5-11,16H,4,12H2,1-3H3,(H,20,21,26). The zero-order valence-corrected chi connectivity index (χ0v) is 16.0. The summed E-state index contributed by atoms with van der Waals surface area (Å²) in [7, 11) is 0. The van der Waals surface area contributed by atoms with Crippen molar-refractivity contribution >= 4 is 17.5 Å². The molecule has 0 fully saturated rings. The number of rotatable bonds is 7. The summed E-state index contributed by atoms with van der Waals surface area (Å²) in [5.74, 6) is -0.162. The maximum absolute atomic E-state index is 12.7. The molecule has 1 N–H and O–H groups in total. The predicted molar refractivity (Wildman–Crippen MR) is 104 cm³/mol. The number of nitro groups is 1. The Kier molecular flexibility index (Phi) is 5.53. The van der Waals surface area contributed by atoms with Gasteiger partial charge in [-0.2, -0.15) is 9.78 Å². The van der Waals surface area contributed by atoms with Gasteiger partial charge in [-0.3, -0.25) is 9.48 Å². The highest BCUT2D eigenvalue weighted by molar-refractivity contribution is 5.92. The van der Waals surface area contributed by atoms with Gasteiger partial charge in [0.1, 0.15) is 0 Å². The number of aromatic nitrogens is 4. The highest BCUT2D eigenvalue weighted by Gasteiger charge is 2.27. The number of hydrogen-bond donors (Lipinski definition) is 1. The van der Waals surface area contributed by atoms with Crippen LogP contribution in [0.2, 0.25) is 0 Å². The van der Waals surface area contributed by atoms with Crippen LogP contribution in [0.1, 0.15) is 36.2 Å². The summed E-state index contributed by atoms with van der Waals surface area (Å²) < 4.78 is 3.13. The number of nitrogens with zero attached hydrogens (tertiary/aromatic N) is 5. The van der Waals surface area contributed by atoms with Crippen molar-refractivity contribution in [2.75, 3.05) is 5.32 Å². The van der Waals surface area contributed by atoms with E-state index in [4.69, 9.17) is 0 Å². The van der Waals surface area contributed by atoms with Gasteiger partial charge in [0.05, 0.1) is 23.4 Å². The van der Waals surface area contributed by atoms with Crippen LogP contribution < -0.4 is 5.32 Å². The second-order valence-electron chi connectivity index (χ2n) is 6.64. The zero-order valence-electron chi connectivity index (χ0n) is 16.0. The third-order valence-electron chi connectivity index (χ3n) is 4.44. The molecule has 0 aliphatic heterocycles. The average Bonchev–Trinajstić information content (AvgIpc) is 3.25. The van der Waals surface area contributed by atoms with Gasteiger partial charge in [0.25, 0.3) is 5.91 Å². The summed E-state index contributed by atoms with van der Waals surface area (Å²) >= 11 is 0. The number of anilines is 1. The fourth-order valence-corrected chi connectivity index (χ4v) is 2.95. The van der Waals surface area contributed by atoms with Crippen molar-refractivity contribution in [3.63, 3.8) is 0 Å². The Morgan fingerprint density at radius 3 is 2.54 bits per heavy atom. The number of carbonyl (C=O) groups is 1. The molecule has 9 heteroatoms. The van der Waals surface area contributed by atoms with Gasteiger partial charge in [-0.15, -0.1) is 0 Å². The molecule has 3 rings (SSSR count). The maximum atomic E-state index is 12.7. The van der Waals surface area contributed by atoms with Gasteiger partial charge < -0.3 is 15.4 Å². The Hall–Kier alpha value is -3.49. The molecule has 1 aromatic carbocycles. The first kappa shape index (κ1) is 19.3. The fourth-order valence-electron chi connectivity index (χ4n) is 2.95. The third kappa shape index (κ3) is 4.25. The number of hydrogen-bond acceptors (Lipinski definition) is 5. The van der Waals surface area contributed by atoms with Crippen LogP contribution in [0.4, 0.5) is 11.6 Å². The minimum Gasteiger partial charge on any atom is -0.358 e. The van der Waals surface area contributed by atoms with Crippen LogP contribution in [-0.4, -0.2) is 30.4 Å². The molecule has 146 valence electrons. The molecular weight excluding hydrogens is 360 g/mol. The monoisotopic (exact) mass is 382 g/mol. The summed E-state index contributed by atoms with van der Waals surface area (Å²) in [5, 5.41) is 22.0. The Morgan fingerprint density at radius 1 is 1.21 bits per heavy atom. The largest absolute Gasteiger partial charge is 0.390 e. The lowest BCUT2D eigenvalue weighted by Gasteiger charge is -2.13. The van der Waals surface area contributed by atoms with Crippen molar-refractivity contribution in [2.24, 2.45) is 0 Å². The van der Waals surface area contributed by atoms with Crippen molar-refractivity contribution in [2.45, 2.75) is 39.8 Å². The summed E-state index contributed by atoms with van der Waals surface area (Å²) in [6.45, 7) is 6.14. The van der Waals surface area contributed by atoms with Gasteiger partial charge in [0.2, 0.25) is 0 Å². The molecule has 2 heterocycles. The van der Waals surface area contributed by atoms with E-state index in [1.54, 1.807) is 23.9 Å². The highest BCUT2D eigenvalue weighted by atomic mass is 16.6. The van der Waals surface area contributed by atoms with E-state index < -0.39 is 11.0 Å². The smallest absolute Gasteiger partial charge is 0.358 e. The second-order valence-corrected chi connectivity index (χ2v) is 6.64. The van der Waals surface area contributed by atoms with E-state index in [0.29, 0.717) is 24.5 Å². The highest BCUT2D eigenvalue weighted by Crippen LogP contribution is 2.20. The summed E-state index contributed by atoms with van der Waals surface area (Å²) in [5.41, 5.74) is 2.85. The minimum atomic E-state index is -0.657. The Labute approximate surface area is 162 Å². The van der Waals surface area contributed by atoms with Gasteiger partial charge in [-0.1, -0.05) is 36.8 Å². The molecule has 3 aromatic rings. The van der Waals surface area contributed by atoms with Crippen molar-refractivity contribution in [3.05, 3.63) is 69.5 Å². The molecule has 9 nitrogen and oxygen atoms in total. The van der Waals surface area contributed by atoms with Gasteiger partial charge in [-0.25, -0.2) is 0 Å². The molecular formula is C19H22N6O3. The normalized spacial score (nSPS) is 12.0. The molecule has 0 aliphatic rings. The summed E-state index contributed by atoms with van der Waals surface area (Å²) in [4.78, 5) is 23.0. The second kappa shape index (κ2) is 8.03. The lowest BCUT2D eigenvalue weighted by atomic mass is 10.1. The third-order valence-corrected chi connectivity index (χ3v) is 4.44. The minimum absolute atomic E-state index is 0.272. The van der Waals surface area contributed by atoms with Crippen LogP contribution in [0, 0.1) is 24.0 Å². The predicted octanol–water partition coefficient (Wildman–Crippen LogP) is 3.24. The summed E-state index contributed by atoms with van der Waals surface area (Å²) in [6.07, 6.45) is 2.23. The first-order valence-electron chi connectivity index (χ1n) is 8.97. The van der Waals surface area contributed by atoms with E-state index in [-0.39, 0.29) is 11.7 Å². The molecule has 2 aromatic heterocycles. The first-order chi connectivity index (χ1) is 13.4.